The maximum absolute atomic E-state index is 11.5. The summed E-state index contributed by atoms with van der Waals surface area (Å²) in [6, 6.07) is 1.92. The number of rotatable bonds is 4. The zero-order valence-corrected chi connectivity index (χ0v) is 10.0. The highest BCUT2D eigenvalue weighted by molar-refractivity contribution is 8.14. The van der Waals surface area contributed by atoms with Gasteiger partial charge >= 0.3 is 0 Å². The van der Waals surface area contributed by atoms with Crippen LogP contribution >= 0.6 is 11.8 Å². The molecule has 1 rings (SSSR count). The predicted octanol–water partition coefficient (Wildman–Crippen LogP) is 1.03. The second-order valence-corrected chi connectivity index (χ2v) is 4.47. The molecule has 1 amide bonds. The Labute approximate surface area is 98.1 Å². The fourth-order valence-corrected chi connectivity index (χ4v) is 1.51. The molecule has 0 aliphatic heterocycles. The number of amidine groups is 1. The van der Waals surface area contributed by atoms with Crippen LogP contribution in [0.2, 0.25) is 0 Å². The number of nitrogens with two attached hydrogens (primary N) is 1. The minimum Gasteiger partial charge on any atom is -0.379 e. The summed E-state index contributed by atoms with van der Waals surface area (Å²) in [6.45, 7) is 3.96. The normalized spacial score (nSPS) is 10.4. The van der Waals surface area contributed by atoms with E-state index in [4.69, 9.17) is 11.1 Å². The molecule has 1 aromatic rings. The summed E-state index contributed by atoms with van der Waals surface area (Å²) in [6.07, 6.45) is 1.63. The van der Waals surface area contributed by atoms with E-state index in [-0.39, 0.29) is 22.9 Å². The molecular weight excluding hydrogens is 226 g/mol. The van der Waals surface area contributed by atoms with E-state index < -0.39 is 0 Å². The zero-order chi connectivity index (χ0) is 12.1. The first-order valence-corrected chi connectivity index (χ1v) is 5.79. The van der Waals surface area contributed by atoms with Gasteiger partial charge in [0, 0.05) is 12.1 Å². The third-order valence-corrected chi connectivity index (χ3v) is 2.50. The Hall–Kier alpha value is -1.50. The number of thioether (sulfide) groups is 1. The number of carbonyl (C=O) groups excluding carboxylic acids is 1. The second-order valence-electron chi connectivity index (χ2n) is 3.46. The van der Waals surface area contributed by atoms with Crippen LogP contribution in [0.15, 0.2) is 12.3 Å². The predicted molar refractivity (Wildman–Crippen MR) is 65.6 cm³/mol. The Bertz CT molecular complexity index is 387. The van der Waals surface area contributed by atoms with Crippen LogP contribution < -0.4 is 11.1 Å². The van der Waals surface area contributed by atoms with Crippen LogP contribution in [0.4, 0.5) is 5.82 Å². The van der Waals surface area contributed by atoms with Crippen molar-refractivity contribution < 1.29 is 4.79 Å². The highest BCUT2D eigenvalue weighted by Gasteiger charge is 2.09. The minimum absolute atomic E-state index is 0.0625. The van der Waals surface area contributed by atoms with Gasteiger partial charge in [-0.25, -0.2) is 4.68 Å². The Balaban J connectivity index is 2.56. The molecule has 0 aromatic carbocycles. The number of nitrogens with one attached hydrogen (secondary N) is 2. The lowest BCUT2D eigenvalue weighted by Gasteiger charge is -2.11. The molecule has 4 N–H and O–H groups in total. The quantitative estimate of drug-likeness (QED) is 0.541. The van der Waals surface area contributed by atoms with Gasteiger partial charge in [0.05, 0.1) is 11.9 Å². The van der Waals surface area contributed by atoms with Crippen molar-refractivity contribution in [3.05, 3.63) is 12.3 Å². The molecule has 0 bridgehead atoms. The lowest BCUT2D eigenvalue weighted by molar-refractivity contribution is -0.113. The zero-order valence-electron chi connectivity index (χ0n) is 9.23. The van der Waals surface area contributed by atoms with Crippen LogP contribution in [0.25, 0.3) is 0 Å². The molecule has 0 fully saturated rings. The van der Waals surface area contributed by atoms with Crippen LogP contribution in [-0.4, -0.2) is 26.6 Å². The molecule has 0 atom stereocenters. The van der Waals surface area contributed by atoms with Gasteiger partial charge < -0.3 is 11.1 Å². The summed E-state index contributed by atoms with van der Waals surface area (Å²) in [5, 5.41) is 13.7. The van der Waals surface area contributed by atoms with E-state index in [1.54, 1.807) is 16.9 Å². The second kappa shape index (κ2) is 5.55. The summed E-state index contributed by atoms with van der Waals surface area (Å²) in [4.78, 5) is 11.5. The van der Waals surface area contributed by atoms with Gasteiger partial charge in [-0.1, -0.05) is 11.8 Å². The van der Waals surface area contributed by atoms with Gasteiger partial charge in [0.1, 0.15) is 5.82 Å². The standard InChI is InChI=1S/C9H15N5OS/c1-6(2)14-7(3-4-12-14)13-8(15)5-16-9(10)11/h3-4,6H,5H2,1-2H3,(H3,10,11)(H,13,15). The van der Waals surface area contributed by atoms with E-state index in [0.29, 0.717) is 5.82 Å². The van der Waals surface area contributed by atoms with Crippen molar-refractivity contribution >= 4 is 28.7 Å². The topological polar surface area (TPSA) is 96.8 Å². The average Bonchev–Trinajstić information content (AvgIpc) is 2.62. The highest BCUT2D eigenvalue weighted by atomic mass is 32.2. The fourth-order valence-electron chi connectivity index (χ4n) is 1.15. The van der Waals surface area contributed by atoms with Gasteiger partial charge in [0.15, 0.2) is 5.17 Å². The molecule has 6 nitrogen and oxygen atoms in total. The molecule has 0 unspecified atom stereocenters. The van der Waals surface area contributed by atoms with Crippen molar-refractivity contribution in [3.63, 3.8) is 0 Å². The summed E-state index contributed by atoms with van der Waals surface area (Å²) >= 11 is 0.995. The summed E-state index contributed by atoms with van der Waals surface area (Å²) < 4.78 is 1.72. The molecule has 1 heterocycles. The van der Waals surface area contributed by atoms with E-state index in [9.17, 15) is 4.79 Å². The van der Waals surface area contributed by atoms with E-state index in [1.165, 1.54) is 0 Å². The van der Waals surface area contributed by atoms with Gasteiger partial charge in [0.25, 0.3) is 0 Å². The molecule has 0 spiro atoms. The maximum Gasteiger partial charge on any atom is 0.235 e. The number of carbonyl (C=O) groups is 1. The van der Waals surface area contributed by atoms with Gasteiger partial charge in [0.2, 0.25) is 5.91 Å². The van der Waals surface area contributed by atoms with Crippen molar-refractivity contribution in [2.45, 2.75) is 19.9 Å². The third-order valence-electron chi connectivity index (χ3n) is 1.79. The van der Waals surface area contributed by atoms with Gasteiger partial charge in [-0.15, -0.1) is 0 Å². The Morgan fingerprint density at radius 2 is 2.44 bits per heavy atom. The van der Waals surface area contributed by atoms with Crippen LogP contribution in [0, 0.1) is 5.41 Å². The molecular formula is C9H15N5OS. The smallest absolute Gasteiger partial charge is 0.235 e. The first kappa shape index (κ1) is 12.6. The van der Waals surface area contributed by atoms with Crippen molar-refractivity contribution in [2.75, 3.05) is 11.1 Å². The van der Waals surface area contributed by atoms with Crippen molar-refractivity contribution in [1.29, 1.82) is 5.41 Å². The number of hydrogen-bond donors (Lipinski definition) is 3. The maximum atomic E-state index is 11.5. The summed E-state index contributed by atoms with van der Waals surface area (Å²) in [5.41, 5.74) is 5.14. The number of nitrogens with zero attached hydrogens (tertiary/aromatic N) is 2. The Morgan fingerprint density at radius 1 is 1.75 bits per heavy atom. The molecule has 0 saturated carbocycles. The minimum atomic E-state index is -0.192. The van der Waals surface area contributed by atoms with E-state index in [1.807, 2.05) is 13.8 Å². The lowest BCUT2D eigenvalue weighted by atomic mass is 10.4. The highest BCUT2D eigenvalue weighted by Crippen LogP contribution is 2.13. The average molecular weight is 241 g/mol. The molecule has 0 radical (unpaired) electrons. The van der Waals surface area contributed by atoms with Gasteiger partial charge in [-0.05, 0) is 13.8 Å². The van der Waals surface area contributed by atoms with Crippen molar-refractivity contribution in [2.24, 2.45) is 5.73 Å². The molecule has 16 heavy (non-hydrogen) atoms. The number of aromatic nitrogens is 2. The van der Waals surface area contributed by atoms with E-state index in [0.717, 1.165) is 11.8 Å². The van der Waals surface area contributed by atoms with Crippen LogP contribution in [-0.2, 0) is 4.79 Å². The Kier molecular flexibility index (Phi) is 4.36. The van der Waals surface area contributed by atoms with Crippen molar-refractivity contribution in [1.82, 2.24) is 9.78 Å². The van der Waals surface area contributed by atoms with E-state index >= 15 is 0 Å². The van der Waals surface area contributed by atoms with Crippen LogP contribution in [0.1, 0.15) is 19.9 Å². The molecule has 0 saturated heterocycles. The monoisotopic (exact) mass is 241 g/mol. The SMILES string of the molecule is CC(C)n1nccc1NC(=O)CSC(=N)N. The number of anilines is 1. The van der Waals surface area contributed by atoms with Crippen molar-refractivity contribution in [3.8, 4) is 0 Å². The summed E-state index contributed by atoms with van der Waals surface area (Å²) in [5.74, 6) is 0.602. The molecule has 7 heteroatoms. The largest absolute Gasteiger partial charge is 0.379 e. The lowest BCUT2D eigenvalue weighted by Crippen LogP contribution is -2.20. The van der Waals surface area contributed by atoms with E-state index in [2.05, 4.69) is 10.4 Å². The van der Waals surface area contributed by atoms with Gasteiger partial charge in [-0.2, -0.15) is 5.10 Å². The van der Waals surface area contributed by atoms with Gasteiger partial charge in [-0.3, -0.25) is 10.2 Å². The molecule has 88 valence electrons. The first-order valence-electron chi connectivity index (χ1n) is 4.81. The first-order chi connectivity index (χ1) is 7.50. The fraction of sp³-hybridized carbons (Fsp3) is 0.444. The Morgan fingerprint density at radius 3 is 3.00 bits per heavy atom. The molecule has 0 aliphatic carbocycles. The molecule has 1 aromatic heterocycles. The number of amides is 1. The number of hydrogen-bond acceptors (Lipinski definition) is 4. The summed E-state index contributed by atoms with van der Waals surface area (Å²) in [7, 11) is 0. The third kappa shape index (κ3) is 3.58. The van der Waals surface area contributed by atoms with Crippen LogP contribution in [0.3, 0.4) is 0 Å². The van der Waals surface area contributed by atoms with Crippen LogP contribution in [0.5, 0.6) is 0 Å². The molecule has 0 aliphatic rings.